The summed E-state index contributed by atoms with van der Waals surface area (Å²) < 4.78 is 5.02. The fourth-order valence-corrected chi connectivity index (χ4v) is 1.86. The van der Waals surface area contributed by atoms with Crippen LogP contribution in [0, 0.1) is 20.2 Å². The summed E-state index contributed by atoms with van der Waals surface area (Å²) in [7, 11) is 0. The molecule has 0 aliphatic carbocycles. The molecule has 0 bridgehead atoms. The van der Waals surface area contributed by atoms with Crippen LogP contribution in [0.15, 0.2) is 42.5 Å². The van der Waals surface area contributed by atoms with Crippen LogP contribution in [-0.2, 0) is 4.79 Å². The minimum atomic E-state index is -0.702. The second-order valence-corrected chi connectivity index (χ2v) is 4.69. The molecule has 0 amide bonds. The van der Waals surface area contributed by atoms with Crippen molar-refractivity contribution < 1.29 is 19.4 Å². The van der Waals surface area contributed by atoms with Gasteiger partial charge in [-0.1, -0.05) is 6.92 Å². The van der Waals surface area contributed by atoms with E-state index in [0.29, 0.717) is 11.4 Å². The Morgan fingerprint density at radius 1 is 1.08 bits per heavy atom. The molecule has 0 saturated heterocycles. The number of nitrogens with zero attached hydrogens (tertiary/aromatic N) is 2. The summed E-state index contributed by atoms with van der Waals surface area (Å²) in [5, 5.41) is 24.6. The molecule has 0 heterocycles. The molecule has 0 aromatic heterocycles. The molecule has 2 aromatic carbocycles. The van der Waals surface area contributed by atoms with Gasteiger partial charge in [0, 0.05) is 18.2 Å². The molecule has 0 radical (unpaired) electrons. The first-order valence-electron chi connectivity index (χ1n) is 6.91. The SMILES string of the molecule is CCC(=O)Oc1ccc(Nc2ccc([N+](=O)[O-])cc2[N+](=O)[O-])cc1. The van der Waals surface area contributed by atoms with Crippen molar-refractivity contribution in [1.29, 1.82) is 0 Å². The molecule has 9 nitrogen and oxygen atoms in total. The van der Waals surface area contributed by atoms with Gasteiger partial charge in [-0.25, -0.2) is 0 Å². The van der Waals surface area contributed by atoms with Gasteiger partial charge in [0.05, 0.1) is 15.9 Å². The Morgan fingerprint density at radius 2 is 1.75 bits per heavy atom. The fourth-order valence-electron chi connectivity index (χ4n) is 1.86. The maximum Gasteiger partial charge on any atom is 0.310 e. The average Bonchev–Trinajstić information content (AvgIpc) is 2.56. The lowest BCUT2D eigenvalue weighted by atomic mass is 10.2. The van der Waals surface area contributed by atoms with Crippen LogP contribution in [0.4, 0.5) is 22.7 Å². The number of carbonyl (C=O) groups is 1. The molecule has 0 unspecified atom stereocenters. The molecule has 0 spiro atoms. The summed E-state index contributed by atoms with van der Waals surface area (Å²) in [6.45, 7) is 1.67. The van der Waals surface area contributed by atoms with Gasteiger partial charge in [-0.3, -0.25) is 25.0 Å². The summed E-state index contributed by atoms with van der Waals surface area (Å²) in [6, 6.07) is 9.54. The van der Waals surface area contributed by atoms with E-state index >= 15 is 0 Å². The zero-order valence-electron chi connectivity index (χ0n) is 12.6. The van der Waals surface area contributed by atoms with E-state index in [-0.39, 0.29) is 23.8 Å². The van der Waals surface area contributed by atoms with E-state index in [1.54, 1.807) is 19.1 Å². The van der Waals surface area contributed by atoms with Gasteiger partial charge in [0.2, 0.25) is 0 Å². The van der Waals surface area contributed by atoms with Crippen molar-refractivity contribution in [2.75, 3.05) is 5.32 Å². The summed E-state index contributed by atoms with van der Waals surface area (Å²) in [5.74, 6) is -0.0210. The van der Waals surface area contributed by atoms with Crippen LogP contribution >= 0.6 is 0 Å². The number of esters is 1. The van der Waals surface area contributed by atoms with Crippen molar-refractivity contribution in [2.45, 2.75) is 13.3 Å². The van der Waals surface area contributed by atoms with Gasteiger partial charge in [-0.15, -0.1) is 0 Å². The summed E-state index contributed by atoms with van der Waals surface area (Å²) in [5.41, 5.74) is -0.160. The van der Waals surface area contributed by atoms with E-state index in [9.17, 15) is 25.0 Å². The molecule has 0 aliphatic heterocycles. The molecular formula is C15H13N3O6. The highest BCUT2D eigenvalue weighted by atomic mass is 16.6. The highest BCUT2D eigenvalue weighted by molar-refractivity contribution is 5.73. The van der Waals surface area contributed by atoms with E-state index in [2.05, 4.69) is 5.32 Å². The number of hydrogen-bond donors (Lipinski definition) is 1. The number of nitro benzene ring substituents is 2. The third kappa shape index (κ3) is 4.03. The maximum absolute atomic E-state index is 11.2. The maximum atomic E-state index is 11.2. The Kier molecular flexibility index (Phi) is 5.05. The predicted octanol–water partition coefficient (Wildman–Crippen LogP) is 3.56. The van der Waals surface area contributed by atoms with Crippen molar-refractivity contribution in [3.8, 4) is 5.75 Å². The molecule has 24 heavy (non-hydrogen) atoms. The van der Waals surface area contributed by atoms with Gasteiger partial charge >= 0.3 is 5.97 Å². The van der Waals surface area contributed by atoms with E-state index in [0.717, 1.165) is 6.07 Å². The van der Waals surface area contributed by atoms with Gasteiger partial charge < -0.3 is 10.1 Å². The number of benzene rings is 2. The Bertz CT molecular complexity index is 788. The Balaban J connectivity index is 2.23. The summed E-state index contributed by atoms with van der Waals surface area (Å²) >= 11 is 0. The van der Waals surface area contributed by atoms with Crippen LogP contribution < -0.4 is 10.1 Å². The minimum Gasteiger partial charge on any atom is -0.427 e. The predicted molar refractivity (Wildman–Crippen MR) is 85.4 cm³/mol. The zero-order valence-corrected chi connectivity index (χ0v) is 12.6. The number of hydrogen-bond acceptors (Lipinski definition) is 7. The van der Waals surface area contributed by atoms with Crippen LogP contribution in [-0.4, -0.2) is 15.8 Å². The average molecular weight is 331 g/mol. The second-order valence-electron chi connectivity index (χ2n) is 4.69. The van der Waals surface area contributed by atoms with Crippen LogP contribution in [0.25, 0.3) is 0 Å². The lowest BCUT2D eigenvalue weighted by Crippen LogP contribution is -2.05. The number of ether oxygens (including phenoxy) is 1. The first-order valence-corrected chi connectivity index (χ1v) is 6.91. The minimum absolute atomic E-state index is 0.115. The number of rotatable bonds is 6. The van der Waals surface area contributed by atoms with Gasteiger partial charge in [0.1, 0.15) is 11.4 Å². The van der Waals surface area contributed by atoms with Crippen molar-refractivity contribution in [3.05, 3.63) is 62.7 Å². The molecule has 0 fully saturated rings. The zero-order chi connectivity index (χ0) is 17.7. The molecule has 2 aromatic rings. The van der Waals surface area contributed by atoms with Crippen molar-refractivity contribution >= 4 is 28.7 Å². The summed E-state index contributed by atoms with van der Waals surface area (Å²) in [6.07, 6.45) is 0.245. The first kappa shape index (κ1) is 16.9. The van der Waals surface area contributed by atoms with Gasteiger partial charge in [0.25, 0.3) is 11.4 Å². The smallest absolute Gasteiger partial charge is 0.310 e. The topological polar surface area (TPSA) is 125 Å². The first-order chi connectivity index (χ1) is 11.4. The number of nitro groups is 2. The fraction of sp³-hybridized carbons (Fsp3) is 0.133. The van der Waals surface area contributed by atoms with E-state index in [1.807, 2.05) is 0 Å². The normalized spacial score (nSPS) is 10.0. The monoisotopic (exact) mass is 331 g/mol. The van der Waals surface area contributed by atoms with E-state index in [1.165, 1.54) is 24.3 Å². The van der Waals surface area contributed by atoms with Crippen molar-refractivity contribution in [2.24, 2.45) is 0 Å². The third-order valence-electron chi connectivity index (χ3n) is 3.04. The third-order valence-corrected chi connectivity index (χ3v) is 3.04. The van der Waals surface area contributed by atoms with Gasteiger partial charge in [-0.2, -0.15) is 0 Å². The number of carbonyl (C=O) groups excluding carboxylic acids is 1. The molecule has 0 saturated carbocycles. The standard InChI is InChI=1S/C15H13N3O6/c1-2-15(19)24-12-6-3-10(4-7-12)16-13-8-5-11(17(20)21)9-14(13)18(22)23/h3-9,16H,2H2,1H3. The molecule has 124 valence electrons. The molecule has 9 heteroatoms. The Morgan fingerprint density at radius 3 is 2.29 bits per heavy atom. The molecule has 0 aliphatic rings. The van der Waals surface area contributed by atoms with Crippen molar-refractivity contribution in [3.63, 3.8) is 0 Å². The van der Waals surface area contributed by atoms with Crippen LogP contribution in [0.3, 0.4) is 0 Å². The number of anilines is 2. The van der Waals surface area contributed by atoms with Crippen molar-refractivity contribution in [1.82, 2.24) is 0 Å². The molecule has 0 atom stereocenters. The molecule has 2 rings (SSSR count). The second kappa shape index (κ2) is 7.18. The van der Waals surface area contributed by atoms with E-state index < -0.39 is 15.5 Å². The van der Waals surface area contributed by atoms with Crippen LogP contribution in [0.1, 0.15) is 13.3 Å². The summed E-state index contributed by atoms with van der Waals surface area (Å²) in [4.78, 5) is 31.6. The lowest BCUT2D eigenvalue weighted by molar-refractivity contribution is -0.393. The Hall–Kier alpha value is -3.49. The van der Waals surface area contributed by atoms with E-state index in [4.69, 9.17) is 4.74 Å². The Labute approximate surface area is 136 Å². The highest BCUT2D eigenvalue weighted by Gasteiger charge is 2.19. The van der Waals surface area contributed by atoms with Gasteiger partial charge in [-0.05, 0) is 30.3 Å². The molecular weight excluding hydrogens is 318 g/mol. The number of non-ortho nitro benzene ring substituents is 1. The van der Waals surface area contributed by atoms with Crippen LogP contribution in [0.5, 0.6) is 5.75 Å². The van der Waals surface area contributed by atoms with Crippen LogP contribution in [0.2, 0.25) is 0 Å². The molecule has 1 N–H and O–H groups in total. The quantitative estimate of drug-likeness (QED) is 0.371. The lowest BCUT2D eigenvalue weighted by Gasteiger charge is -2.08. The highest BCUT2D eigenvalue weighted by Crippen LogP contribution is 2.31. The largest absolute Gasteiger partial charge is 0.427 e. The number of nitrogens with one attached hydrogen (secondary N) is 1. The van der Waals surface area contributed by atoms with Gasteiger partial charge in [0.15, 0.2) is 0 Å².